The van der Waals surface area contributed by atoms with Crippen LogP contribution in [0.2, 0.25) is 0 Å². The third-order valence-electron chi connectivity index (χ3n) is 3.51. The number of ether oxygens (including phenoxy) is 1. The summed E-state index contributed by atoms with van der Waals surface area (Å²) in [5, 5.41) is 3.41. The lowest BCUT2D eigenvalue weighted by molar-refractivity contribution is 0.0866. The van der Waals surface area contributed by atoms with Gasteiger partial charge in [-0.15, -0.1) is 0 Å². The number of hydrogen-bond acceptors (Lipinski definition) is 4. The van der Waals surface area contributed by atoms with E-state index in [1.54, 1.807) is 0 Å². The summed E-state index contributed by atoms with van der Waals surface area (Å²) >= 11 is 0. The monoisotopic (exact) mass is 280 g/mol. The Morgan fingerprint density at radius 2 is 1.90 bits per heavy atom. The van der Waals surface area contributed by atoms with Gasteiger partial charge in [-0.3, -0.25) is 0 Å². The van der Waals surface area contributed by atoms with Crippen molar-refractivity contribution in [1.29, 1.82) is 0 Å². The first-order valence-electron chi connectivity index (χ1n) is 7.66. The summed E-state index contributed by atoms with van der Waals surface area (Å²) < 4.78 is 11.4. The molecule has 114 valence electrons. The fourth-order valence-corrected chi connectivity index (χ4v) is 2.32. The SMILES string of the molecule is CC(C)(C)NCc1ccc(COCCN2CCCC2)o1. The maximum absolute atomic E-state index is 5.75. The van der Waals surface area contributed by atoms with E-state index in [1.165, 1.54) is 25.9 Å². The number of hydrogen-bond donors (Lipinski definition) is 1. The van der Waals surface area contributed by atoms with Crippen LogP contribution in [0.4, 0.5) is 0 Å². The van der Waals surface area contributed by atoms with Crippen molar-refractivity contribution < 1.29 is 9.15 Å². The van der Waals surface area contributed by atoms with Gasteiger partial charge in [0.05, 0.1) is 13.2 Å². The largest absolute Gasteiger partial charge is 0.462 e. The normalized spacial score (nSPS) is 16.9. The molecule has 1 saturated heterocycles. The first-order valence-corrected chi connectivity index (χ1v) is 7.66. The molecule has 2 rings (SSSR count). The van der Waals surface area contributed by atoms with Crippen LogP contribution in [0, 0.1) is 0 Å². The molecule has 0 unspecified atom stereocenters. The number of furan rings is 1. The van der Waals surface area contributed by atoms with Crippen molar-refractivity contribution in [1.82, 2.24) is 10.2 Å². The van der Waals surface area contributed by atoms with E-state index in [2.05, 4.69) is 31.0 Å². The molecule has 4 heteroatoms. The van der Waals surface area contributed by atoms with Crippen LogP contribution in [0.3, 0.4) is 0 Å². The molecule has 1 aliphatic rings. The lowest BCUT2D eigenvalue weighted by Crippen LogP contribution is -2.34. The first kappa shape index (κ1) is 15.5. The lowest BCUT2D eigenvalue weighted by atomic mass is 10.1. The second-order valence-corrected chi connectivity index (χ2v) is 6.57. The molecule has 20 heavy (non-hydrogen) atoms. The molecule has 1 fully saturated rings. The van der Waals surface area contributed by atoms with E-state index in [0.29, 0.717) is 6.61 Å². The zero-order valence-electron chi connectivity index (χ0n) is 13.1. The maximum Gasteiger partial charge on any atom is 0.129 e. The van der Waals surface area contributed by atoms with Crippen LogP contribution in [0.1, 0.15) is 45.1 Å². The zero-order chi connectivity index (χ0) is 14.4. The van der Waals surface area contributed by atoms with Gasteiger partial charge < -0.3 is 19.4 Å². The standard InChI is InChI=1S/C16H28N2O2/c1-16(2,3)17-12-14-6-7-15(20-14)13-19-11-10-18-8-4-5-9-18/h6-7,17H,4-5,8-13H2,1-3H3. The Labute approximate surface area is 122 Å². The minimum atomic E-state index is 0.110. The van der Waals surface area contributed by atoms with E-state index in [9.17, 15) is 0 Å². The first-order chi connectivity index (χ1) is 9.53. The Morgan fingerprint density at radius 1 is 1.20 bits per heavy atom. The van der Waals surface area contributed by atoms with Crippen LogP contribution >= 0.6 is 0 Å². The molecule has 0 bridgehead atoms. The average Bonchev–Trinajstić information content (AvgIpc) is 3.03. The maximum atomic E-state index is 5.75. The van der Waals surface area contributed by atoms with Crippen LogP contribution in [-0.2, 0) is 17.9 Å². The molecule has 1 aromatic heterocycles. The minimum absolute atomic E-state index is 0.110. The summed E-state index contributed by atoms with van der Waals surface area (Å²) in [6, 6.07) is 4.04. The van der Waals surface area contributed by atoms with Crippen LogP contribution in [0.5, 0.6) is 0 Å². The van der Waals surface area contributed by atoms with Crippen LogP contribution in [0.15, 0.2) is 16.5 Å². The van der Waals surface area contributed by atoms with Crippen molar-refractivity contribution in [3.05, 3.63) is 23.7 Å². The van der Waals surface area contributed by atoms with E-state index >= 15 is 0 Å². The molecule has 0 aliphatic carbocycles. The van der Waals surface area contributed by atoms with Gasteiger partial charge >= 0.3 is 0 Å². The van der Waals surface area contributed by atoms with Crippen LogP contribution in [-0.4, -0.2) is 36.7 Å². The molecule has 2 heterocycles. The molecule has 1 N–H and O–H groups in total. The zero-order valence-corrected chi connectivity index (χ0v) is 13.1. The molecule has 0 aromatic carbocycles. The average molecular weight is 280 g/mol. The minimum Gasteiger partial charge on any atom is -0.462 e. The number of nitrogens with zero attached hydrogens (tertiary/aromatic N) is 1. The van der Waals surface area contributed by atoms with Crippen LogP contribution in [0.25, 0.3) is 0 Å². The Bertz CT molecular complexity index is 389. The molecule has 0 atom stereocenters. The van der Waals surface area contributed by atoms with Crippen molar-refractivity contribution in [3.63, 3.8) is 0 Å². The van der Waals surface area contributed by atoms with Gasteiger partial charge in [-0.2, -0.15) is 0 Å². The highest BCUT2D eigenvalue weighted by Gasteiger charge is 2.12. The highest BCUT2D eigenvalue weighted by Crippen LogP contribution is 2.11. The lowest BCUT2D eigenvalue weighted by Gasteiger charge is -2.19. The highest BCUT2D eigenvalue weighted by molar-refractivity contribution is 5.06. The summed E-state index contributed by atoms with van der Waals surface area (Å²) in [5.41, 5.74) is 0.110. The molecule has 1 aliphatic heterocycles. The third-order valence-corrected chi connectivity index (χ3v) is 3.51. The van der Waals surface area contributed by atoms with Crippen molar-refractivity contribution >= 4 is 0 Å². The number of likely N-dealkylation sites (tertiary alicyclic amines) is 1. The van der Waals surface area contributed by atoms with E-state index in [-0.39, 0.29) is 5.54 Å². The molecule has 0 radical (unpaired) electrons. The quantitative estimate of drug-likeness (QED) is 0.779. The Hall–Kier alpha value is -0.840. The summed E-state index contributed by atoms with van der Waals surface area (Å²) in [4.78, 5) is 2.46. The van der Waals surface area contributed by atoms with Gasteiger partial charge in [0.2, 0.25) is 0 Å². The third kappa shape index (κ3) is 5.65. The van der Waals surface area contributed by atoms with Gasteiger partial charge in [-0.25, -0.2) is 0 Å². The number of rotatable bonds is 7. The molecule has 0 spiro atoms. The second-order valence-electron chi connectivity index (χ2n) is 6.57. The van der Waals surface area contributed by atoms with Gasteiger partial charge in [0.25, 0.3) is 0 Å². The smallest absolute Gasteiger partial charge is 0.129 e. The summed E-state index contributed by atoms with van der Waals surface area (Å²) in [6.45, 7) is 12.1. The second kappa shape index (κ2) is 7.25. The summed E-state index contributed by atoms with van der Waals surface area (Å²) in [7, 11) is 0. The summed E-state index contributed by atoms with van der Waals surface area (Å²) in [5.74, 6) is 1.88. The fourth-order valence-electron chi connectivity index (χ4n) is 2.32. The topological polar surface area (TPSA) is 37.6 Å². The van der Waals surface area contributed by atoms with Crippen molar-refractivity contribution in [3.8, 4) is 0 Å². The Kier molecular flexibility index (Phi) is 5.64. The van der Waals surface area contributed by atoms with Crippen molar-refractivity contribution in [2.75, 3.05) is 26.2 Å². The predicted molar refractivity (Wildman–Crippen MR) is 80.6 cm³/mol. The summed E-state index contributed by atoms with van der Waals surface area (Å²) in [6.07, 6.45) is 2.67. The van der Waals surface area contributed by atoms with E-state index in [4.69, 9.17) is 9.15 Å². The number of nitrogens with one attached hydrogen (secondary N) is 1. The molecule has 4 nitrogen and oxygen atoms in total. The van der Waals surface area contributed by atoms with Crippen LogP contribution < -0.4 is 5.32 Å². The van der Waals surface area contributed by atoms with E-state index < -0.39 is 0 Å². The van der Waals surface area contributed by atoms with E-state index in [0.717, 1.165) is 31.2 Å². The molecule has 0 saturated carbocycles. The van der Waals surface area contributed by atoms with Gasteiger partial charge in [0.15, 0.2) is 0 Å². The molecule has 0 amide bonds. The Balaban J connectivity index is 1.62. The molecular weight excluding hydrogens is 252 g/mol. The van der Waals surface area contributed by atoms with Gasteiger partial charge in [-0.05, 0) is 58.8 Å². The van der Waals surface area contributed by atoms with Gasteiger partial charge in [0, 0.05) is 12.1 Å². The Morgan fingerprint density at radius 3 is 2.60 bits per heavy atom. The molecule has 1 aromatic rings. The van der Waals surface area contributed by atoms with Crippen molar-refractivity contribution in [2.45, 2.75) is 52.3 Å². The van der Waals surface area contributed by atoms with Crippen molar-refractivity contribution in [2.24, 2.45) is 0 Å². The molecular formula is C16H28N2O2. The van der Waals surface area contributed by atoms with E-state index in [1.807, 2.05) is 12.1 Å². The highest BCUT2D eigenvalue weighted by atomic mass is 16.5. The fraction of sp³-hybridized carbons (Fsp3) is 0.750. The van der Waals surface area contributed by atoms with Gasteiger partial charge in [-0.1, -0.05) is 0 Å². The van der Waals surface area contributed by atoms with Gasteiger partial charge in [0.1, 0.15) is 18.1 Å². The predicted octanol–water partition coefficient (Wildman–Crippen LogP) is 2.78.